The Balaban J connectivity index is 1.92. The molecule has 84 valence electrons. The first-order chi connectivity index (χ1) is 7.75. The van der Waals surface area contributed by atoms with E-state index in [4.69, 9.17) is 5.73 Å². The van der Waals surface area contributed by atoms with Crippen molar-refractivity contribution in [1.82, 2.24) is 0 Å². The van der Waals surface area contributed by atoms with E-state index in [-0.39, 0.29) is 5.82 Å². The molecular formula is C12H13FN2S. The van der Waals surface area contributed by atoms with E-state index in [1.165, 1.54) is 17.7 Å². The lowest BCUT2D eigenvalue weighted by molar-refractivity contribution is 0.628. The third kappa shape index (κ3) is 2.73. The van der Waals surface area contributed by atoms with E-state index in [0.717, 1.165) is 13.0 Å². The number of anilines is 2. The lowest BCUT2D eigenvalue weighted by atomic mass is 10.2. The average molecular weight is 236 g/mol. The van der Waals surface area contributed by atoms with Crippen molar-refractivity contribution >= 4 is 22.7 Å². The van der Waals surface area contributed by atoms with Crippen LogP contribution >= 0.6 is 11.3 Å². The van der Waals surface area contributed by atoms with Gasteiger partial charge in [0.1, 0.15) is 5.82 Å². The Bertz CT molecular complexity index is 454. The summed E-state index contributed by atoms with van der Waals surface area (Å²) in [5.41, 5.74) is 8.24. The molecule has 2 rings (SSSR count). The monoisotopic (exact) mass is 236 g/mol. The van der Waals surface area contributed by atoms with Crippen molar-refractivity contribution in [3.63, 3.8) is 0 Å². The second-order valence-corrected chi connectivity index (χ2v) is 4.32. The minimum Gasteiger partial charge on any atom is -0.397 e. The van der Waals surface area contributed by atoms with E-state index >= 15 is 0 Å². The fraction of sp³-hybridized carbons (Fsp3) is 0.167. The quantitative estimate of drug-likeness (QED) is 0.800. The van der Waals surface area contributed by atoms with Crippen molar-refractivity contribution in [2.24, 2.45) is 0 Å². The van der Waals surface area contributed by atoms with Crippen LogP contribution in [0.2, 0.25) is 0 Å². The number of nitrogens with two attached hydrogens (primary N) is 1. The summed E-state index contributed by atoms with van der Waals surface area (Å²) in [5, 5.41) is 7.29. The van der Waals surface area contributed by atoms with Crippen LogP contribution in [0.15, 0.2) is 35.0 Å². The Kier molecular flexibility index (Phi) is 3.41. The molecule has 0 aliphatic carbocycles. The molecule has 0 aliphatic heterocycles. The van der Waals surface area contributed by atoms with Crippen LogP contribution in [-0.4, -0.2) is 6.54 Å². The number of halogens is 1. The molecule has 0 fully saturated rings. The SMILES string of the molecule is Nc1ccc(F)cc1NCCc1ccsc1. The predicted molar refractivity (Wildman–Crippen MR) is 67.3 cm³/mol. The number of hydrogen-bond acceptors (Lipinski definition) is 3. The number of benzene rings is 1. The molecule has 1 heterocycles. The highest BCUT2D eigenvalue weighted by molar-refractivity contribution is 7.07. The maximum absolute atomic E-state index is 13.0. The normalized spacial score (nSPS) is 10.3. The maximum Gasteiger partial charge on any atom is 0.125 e. The highest BCUT2D eigenvalue weighted by Crippen LogP contribution is 2.19. The summed E-state index contributed by atoms with van der Waals surface area (Å²) in [6, 6.07) is 6.44. The molecule has 0 amide bonds. The second kappa shape index (κ2) is 4.99. The third-order valence-electron chi connectivity index (χ3n) is 2.32. The molecule has 4 heteroatoms. The van der Waals surface area contributed by atoms with Crippen LogP contribution in [0.5, 0.6) is 0 Å². The third-order valence-corrected chi connectivity index (χ3v) is 3.06. The Labute approximate surface area is 97.9 Å². The highest BCUT2D eigenvalue weighted by atomic mass is 32.1. The fourth-order valence-corrected chi connectivity index (χ4v) is 2.16. The first kappa shape index (κ1) is 11.0. The molecule has 1 aromatic heterocycles. The molecule has 0 bridgehead atoms. The Morgan fingerprint density at radius 1 is 1.31 bits per heavy atom. The molecule has 0 atom stereocenters. The second-order valence-electron chi connectivity index (χ2n) is 3.54. The van der Waals surface area contributed by atoms with E-state index < -0.39 is 0 Å². The van der Waals surface area contributed by atoms with Gasteiger partial charge in [0.2, 0.25) is 0 Å². The molecule has 2 aromatic rings. The zero-order valence-corrected chi connectivity index (χ0v) is 9.56. The molecule has 0 saturated heterocycles. The molecule has 0 saturated carbocycles. The van der Waals surface area contributed by atoms with Gasteiger partial charge in [-0.05, 0) is 47.0 Å². The van der Waals surface area contributed by atoms with Gasteiger partial charge in [0, 0.05) is 6.54 Å². The lowest BCUT2D eigenvalue weighted by Crippen LogP contribution is -2.06. The molecular weight excluding hydrogens is 223 g/mol. The number of nitrogens with one attached hydrogen (secondary N) is 1. The highest BCUT2D eigenvalue weighted by Gasteiger charge is 2.00. The summed E-state index contributed by atoms with van der Waals surface area (Å²) in [6.45, 7) is 0.754. The summed E-state index contributed by atoms with van der Waals surface area (Å²) < 4.78 is 13.0. The van der Waals surface area contributed by atoms with E-state index in [9.17, 15) is 4.39 Å². The Morgan fingerprint density at radius 2 is 2.19 bits per heavy atom. The molecule has 16 heavy (non-hydrogen) atoms. The zero-order valence-electron chi connectivity index (χ0n) is 8.74. The van der Waals surface area contributed by atoms with E-state index in [0.29, 0.717) is 11.4 Å². The van der Waals surface area contributed by atoms with E-state index in [2.05, 4.69) is 16.8 Å². The summed E-state index contributed by atoms with van der Waals surface area (Å²) in [5.74, 6) is -0.271. The van der Waals surface area contributed by atoms with E-state index in [1.54, 1.807) is 17.4 Å². The van der Waals surface area contributed by atoms with Gasteiger partial charge in [0.25, 0.3) is 0 Å². The van der Waals surface area contributed by atoms with Crippen molar-refractivity contribution in [3.05, 3.63) is 46.4 Å². The molecule has 3 N–H and O–H groups in total. The van der Waals surface area contributed by atoms with Gasteiger partial charge in [0.15, 0.2) is 0 Å². The van der Waals surface area contributed by atoms with Crippen molar-refractivity contribution in [3.8, 4) is 0 Å². The van der Waals surface area contributed by atoms with Gasteiger partial charge in [-0.2, -0.15) is 11.3 Å². The van der Waals surface area contributed by atoms with Crippen LogP contribution in [0.25, 0.3) is 0 Å². The fourth-order valence-electron chi connectivity index (χ4n) is 1.46. The van der Waals surface area contributed by atoms with Crippen molar-refractivity contribution in [2.45, 2.75) is 6.42 Å². The van der Waals surface area contributed by atoms with Crippen molar-refractivity contribution in [2.75, 3.05) is 17.6 Å². The number of thiophene rings is 1. The van der Waals surface area contributed by atoms with E-state index in [1.807, 2.05) is 5.38 Å². The van der Waals surface area contributed by atoms with Crippen LogP contribution in [0, 0.1) is 5.82 Å². The Morgan fingerprint density at radius 3 is 2.94 bits per heavy atom. The van der Waals surface area contributed by atoms with Crippen LogP contribution in [0.1, 0.15) is 5.56 Å². The van der Waals surface area contributed by atoms with Crippen LogP contribution in [0.3, 0.4) is 0 Å². The van der Waals surface area contributed by atoms with Crippen molar-refractivity contribution < 1.29 is 4.39 Å². The predicted octanol–water partition coefficient (Wildman–Crippen LogP) is 3.12. The molecule has 0 aliphatic rings. The largest absolute Gasteiger partial charge is 0.397 e. The first-order valence-corrected chi connectivity index (χ1v) is 6.00. The summed E-state index contributed by atoms with van der Waals surface area (Å²) in [6.07, 6.45) is 0.916. The van der Waals surface area contributed by atoms with Gasteiger partial charge >= 0.3 is 0 Å². The van der Waals surface area contributed by atoms with Gasteiger partial charge in [0.05, 0.1) is 11.4 Å². The molecule has 0 radical (unpaired) electrons. The molecule has 1 aromatic carbocycles. The van der Waals surface area contributed by atoms with Crippen molar-refractivity contribution in [1.29, 1.82) is 0 Å². The average Bonchev–Trinajstić information content (AvgIpc) is 2.76. The molecule has 0 unspecified atom stereocenters. The van der Waals surface area contributed by atoms with Crippen LogP contribution < -0.4 is 11.1 Å². The van der Waals surface area contributed by atoms with Gasteiger partial charge < -0.3 is 11.1 Å². The number of hydrogen-bond donors (Lipinski definition) is 2. The molecule has 2 nitrogen and oxygen atoms in total. The van der Waals surface area contributed by atoms with Gasteiger partial charge in [-0.15, -0.1) is 0 Å². The number of rotatable bonds is 4. The molecule has 0 spiro atoms. The maximum atomic E-state index is 13.0. The van der Waals surface area contributed by atoms with Crippen LogP contribution in [-0.2, 0) is 6.42 Å². The summed E-state index contributed by atoms with van der Waals surface area (Å²) >= 11 is 1.68. The first-order valence-electron chi connectivity index (χ1n) is 5.05. The summed E-state index contributed by atoms with van der Waals surface area (Å²) in [4.78, 5) is 0. The van der Waals surface area contributed by atoms with Gasteiger partial charge in [-0.25, -0.2) is 4.39 Å². The minimum atomic E-state index is -0.271. The summed E-state index contributed by atoms with van der Waals surface area (Å²) in [7, 11) is 0. The zero-order chi connectivity index (χ0) is 11.4. The standard InChI is InChI=1S/C12H13FN2S/c13-10-1-2-11(14)12(7-10)15-5-3-9-4-6-16-8-9/h1-2,4,6-8,15H,3,5,14H2. The number of nitrogen functional groups attached to an aromatic ring is 1. The lowest BCUT2D eigenvalue weighted by Gasteiger charge is -2.08. The smallest absolute Gasteiger partial charge is 0.125 e. The topological polar surface area (TPSA) is 38.0 Å². The Hall–Kier alpha value is -1.55. The minimum absolute atomic E-state index is 0.271. The van der Waals surface area contributed by atoms with Gasteiger partial charge in [-0.1, -0.05) is 0 Å². The van der Waals surface area contributed by atoms with Gasteiger partial charge in [-0.3, -0.25) is 0 Å². The van der Waals surface area contributed by atoms with Crippen LogP contribution in [0.4, 0.5) is 15.8 Å².